The maximum atomic E-state index is 9.87. The van der Waals surface area contributed by atoms with Gasteiger partial charge < -0.3 is 9.84 Å². The summed E-state index contributed by atoms with van der Waals surface area (Å²) in [5, 5.41) is 9.87. The average Bonchev–Trinajstić information content (AvgIpc) is 2.38. The van der Waals surface area contributed by atoms with E-state index >= 15 is 0 Å². The molecule has 0 radical (unpaired) electrons. The zero-order chi connectivity index (χ0) is 15.6. The summed E-state index contributed by atoms with van der Waals surface area (Å²) in [6.45, 7) is 8.58. The SMILES string of the molecule is Cc1cc(C)c(COc2ccc(Br)cc2[C@@H](C)O)c(C)c1. The summed E-state index contributed by atoms with van der Waals surface area (Å²) in [6.07, 6.45) is -0.558. The predicted molar refractivity (Wildman–Crippen MR) is 89.8 cm³/mol. The van der Waals surface area contributed by atoms with Gasteiger partial charge in [-0.2, -0.15) is 0 Å². The first-order chi connectivity index (χ1) is 9.88. The number of aliphatic hydroxyl groups is 1. The fourth-order valence-corrected chi connectivity index (χ4v) is 2.94. The lowest BCUT2D eigenvalue weighted by Crippen LogP contribution is -2.04. The molecule has 0 aliphatic heterocycles. The van der Waals surface area contributed by atoms with Crippen molar-refractivity contribution in [2.45, 2.75) is 40.4 Å². The maximum absolute atomic E-state index is 9.87. The molecule has 0 saturated carbocycles. The first-order valence-electron chi connectivity index (χ1n) is 7.05. The molecule has 0 spiro atoms. The lowest BCUT2D eigenvalue weighted by molar-refractivity contribution is 0.190. The fourth-order valence-electron chi connectivity index (χ4n) is 2.56. The maximum Gasteiger partial charge on any atom is 0.125 e. The zero-order valence-corrected chi connectivity index (χ0v) is 14.5. The van der Waals surface area contributed by atoms with Gasteiger partial charge in [0.25, 0.3) is 0 Å². The van der Waals surface area contributed by atoms with Gasteiger partial charge in [-0.1, -0.05) is 33.6 Å². The molecule has 1 atom stereocenters. The Labute approximate surface area is 134 Å². The van der Waals surface area contributed by atoms with E-state index in [-0.39, 0.29) is 0 Å². The van der Waals surface area contributed by atoms with Crippen LogP contribution >= 0.6 is 15.9 Å². The number of hydrogen-bond donors (Lipinski definition) is 1. The van der Waals surface area contributed by atoms with Crippen LogP contribution in [0.4, 0.5) is 0 Å². The smallest absolute Gasteiger partial charge is 0.125 e. The first-order valence-corrected chi connectivity index (χ1v) is 7.85. The van der Waals surface area contributed by atoms with Crippen LogP contribution in [0.3, 0.4) is 0 Å². The van der Waals surface area contributed by atoms with Gasteiger partial charge in [-0.25, -0.2) is 0 Å². The van der Waals surface area contributed by atoms with Crippen molar-refractivity contribution >= 4 is 15.9 Å². The van der Waals surface area contributed by atoms with Crippen molar-refractivity contribution in [3.05, 3.63) is 62.6 Å². The molecule has 0 aliphatic carbocycles. The summed E-state index contributed by atoms with van der Waals surface area (Å²) < 4.78 is 6.90. The molecular formula is C18H21BrO2. The van der Waals surface area contributed by atoms with Crippen molar-refractivity contribution in [1.82, 2.24) is 0 Å². The van der Waals surface area contributed by atoms with Gasteiger partial charge in [-0.05, 0) is 62.6 Å². The predicted octanol–water partition coefficient (Wildman–Crippen LogP) is 5.01. The first kappa shape index (κ1) is 16.1. The molecule has 0 saturated heterocycles. The van der Waals surface area contributed by atoms with Crippen molar-refractivity contribution in [3.63, 3.8) is 0 Å². The Morgan fingerprint density at radius 3 is 2.29 bits per heavy atom. The van der Waals surface area contributed by atoms with Crippen molar-refractivity contribution in [1.29, 1.82) is 0 Å². The van der Waals surface area contributed by atoms with E-state index in [9.17, 15) is 5.11 Å². The van der Waals surface area contributed by atoms with Crippen LogP contribution in [-0.4, -0.2) is 5.11 Å². The van der Waals surface area contributed by atoms with Gasteiger partial charge in [0.15, 0.2) is 0 Å². The number of rotatable bonds is 4. The summed E-state index contributed by atoms with van der Waals surface area (Å²) >= 11 is 3.43. The number of ether oxygens (including phenoxy) is 1. The second kappa shape index (κ2) is 6.63. The molecule has 2 rings (SSSR count). The van der Waals surface area contributed by atoms with E-state index in [4.69, 9.17) is 4.74 Å². The van der Waals surface area contributed by atoms with Gasteiger partial charge in [0.1, 0.15) is 12.4 Å². The highest BCUT2D eigenvalue weighted by molar-refractivity contribution is 9.10. The molecule has 2 aromatic rings. The molecule has 0 fully saturated rings. The van der Waals surface area contributed by atoms with E-state index in [0.717, 1.165) is 15.8 Å². The Hall–Kier alpha value is -1.32. The highest BCUT2D eigenvalue weighted by Gasteiger charge is 2.11. The van der Waals surface area contributed by atoms with Gasteiger partial charge in [0.2, 0.25) is 0 Å². The van der Waals surface area contributed by atoms with E-state index in [1.807, 2.05) is 18.2 Å². The van der Waals surface area contributed by atoms with E-state index in [0.29, 0.717) is 6.61 Å². The molecule has 2 aromatic carbocycles. The lowest BCUT2D eigenvalue weighted by Gasteiger charge is -2.16. The Kier molecular flexibility index (Phi) is 5.07. The van der Waals surface area contributed by atoms with Crippen LogP contribution in [0.25, 0.3) is 0 Å². The normalized spacial score (nSPS) is 12.3. The third-order valence-electron chi connectivity index (χ3n) is 3.63. The highest BCUT2D eigenvalue weighted by atomic mass is 79.9. The van der Waals surface area contributed by atoms with E-state index in [2.05, 4.69) is 48.8 Å². The Morgan fingerprint density at radius 1 is 1.10 bits per heavy atom. The summed E-state index contributed by atoms with van der Waals surface area (Å²) in [5.41, 5.74) is 5.75. The van der Waals surface area contributed by atoms with Crippen LogP contribution in [-0.2, 0) is 6.61 Å². The third kappa shape index (κ3) is 3.86. The summed E-state index contributed by atoms with van der Waals surface area (Å²) in [6, 6.07) is 10.1. The minimum absolute atomic E-state index is 0.513. The number of halogens is 1. The molecular weight excluding hydrogens is 328 g/mol. The second-order valence-corrected chi connectivity index (χ2v) is 6.44. The molecule has 1 N–H and O–H groups in total. The molecule has 0 bridgehead atoms. The van der Waals surface area contributed by atoms with Crippen LogP contribution in [0.15, 0.2) is 34.8 Å². The average molecular weight is 349 g/mol. The van der Waals surface area contributed by atoms with Gasteiger partial charge >= 0.3 is 0 Å². The Bertz CT molecular complexity index is 625. The fraction of sp³-hybridized carbons (Fsp3) is 0.333. The number of hydrogen-bond acceptors (Lipinski definition) is 2. The molecule has 2 nitrogen and oxygen atoms in total. The zero-order valence-electron chi connectivity index (χ0n) is 12.9. The summed E-state index contributed by atoms with van der Waals surface area (Å²) in [5.74, 6) is 0.729. The third-order valence-corrected chi connectivity index (χ3v) is 4.13. The van der Waals surface area contributed by atoms with Crippen molar-refractivity contribution < 1.29 is 9.84 Å². The number of aliphatic hydroxyl groups excluding tert-OH is 1. The van der Waals surface area contributed by atoms with Crippen LogP contribution in [0.5, 0.6) is 5.75 Å². The highest BCUT2D eigenvalue weighted by Crippen LogP contribution is 2.29. The van der Waals surface area contributed by atoms with Gasteiger partial charge in [0, 0.05) is 10.0 Å². The van der Waals surface area contributed by atoms with Crippen molar-refractivity contribution in [3.8, 4) is 5.75 Å². The minimum atomic E-state index is -0.558. The molecule has 0 heterocycles. The van der Waals surface area contributed by atoms with Crippen LogP contribution in [0.2, 0.25) is 0 Å². The standard InChI is InChI=1S/C18H21BrO2/c1-11-7-12(2)17(13(3)8-11)10-21-18-6-5-15(19)9-16(18)14(4)20/h5-9,14,20H,10H2,1-4H3/t14-/m1/s1. The van der Waals surface area contributed by atoms with E-state index < -0.39 is 6.10 Å². The van der Waals surface area contributed by atoms with Gasteiger partial charge in [0.05, 0.1) is 6.10 Å². The van der Waals surface area contributed by atoms with Gasteiger partial charge in [-0.15, -0.1) is 0 Å². The summed E-state index contributed by atoms with van der Waals surface area (Å²) in [4.78, 5) is 0. The van der Waals surface area contributed by atoms with Gasteiger partial charge in [-0.3, -0.25) is 0 Å². The molecule has 0 aromatic heterocycles. The van der Waals surface area contributed by atoms with Crippen molar-refractivity contribution in [2.24, 2.45) is 0 Å². The molecule has 0 amide bonds. The number of aryl methyl sites for hydroxylation is 3. The Morgan fingerprint density at radius 2 is 1.71 bits per heavy atom. The number of benzene rings is 2. The monoisotopic (exact) mass is 348 g/mol. The molecule has 0 unspecified atom stereocenters. The Balaban J connectivity index is 2.25. The minimum Gasteiger partial charge on any atom is -0.489 e. The van der Waals surface area contributed by atoms with Crippen molar-refractivity contribution in [2.75, 3.05) is 0 Å². The van der Waals surface area contributed by atoms with E-state index in [1.54, 1.807) is 6.92 Å². The van der Waals surface area contributed by atoms with Crippen LogP contribution in [0.1, 0.15) is 40.8 Å². The quantitative estimate of drug-likeness (QED) is 0.841. The molecule has 112 valence electrons. The topological polar surface area (TPSA) is 29.5 Å². The summed E-state index contributed by atoms with van der Waals surface area (Å²) in [7, 11) is 0. The molecule has 3 heteroatoms. The second-order valence-electron chi connectivity index (χ2n) is 5.52. The molecule has 21 heavy (non-hydrogen) atoms. The lowest BCUT2D eigenvalue weighted by atomic mass is 10.0. The van der Waals surface area contributed by atoms with E-state index in [1.165, 1.54) is 22.3 Å². The molecule has 0 aliphatic rings. The largest absolute Gasteiger partial charge is 0.489 e. The van der Waals surface area contributed by atoms with Crippen LogP contribution in [0, 0.1) is 20.8 Å². The van der Waals surface area contributed by atoms with Crippen LogP contribution < -0.4 is 4.74 Å².